The van der Waals surface area contributed by atoms with E-state index in [1.54, 1.807) is 24.3 Å². The molecule has 0 amide bonds. The van der Waals surface area contributed by atoms with Gasteiger partial charge in [-0.15, -0.1) is 0 Å². The maximum atomic E-state index is 11.8. The summed E-state index contributed by atoms with van der Waals surface area (Å²) in [4.78, 5) is 15.2. The Hall–Kier alpha value is -1.64. The van der Waals surface area contributed by atoms with Crippen molar-refractivity contribution >= 4 is 43.5 Å². The highest BCUT2D eigenvalue weighted by Gasteiger charge is 2.13. The van der Waals surface area contributed by atoms with Gasteiger partial charge in [0.05, 0.1) is 23.0 Å². The van der Waals surface area contributed by atoms with Crippen LogP contribution >= 0.6 is 31.9 Å². The van der Waals surface area contributed by atoms with E-state index >= 15 is 0 Å². The van der Waals surface area contributed by atoms with Crippen LogP contribution in [0.15, 0.2) is 42.5 Å². The third-order valence-electron chi connectivity index (χ3n) is 2.94. The molecule has 106 valence electrons. The van der Waals surface area contributed by atoms with Gasteiger partial charge in [-0.25, -0.2) is 9.64 Å². The second kappa shape index (κ2) is 6.88. The van der Waals surface area contributed by atoms with Crippen LogP contribution < -0.4 is 0 Å². The summed E-state index contributed by atoms with van der Waals surface area (Å²) < 4.78 is 4.72. The number of hydrogen-bond acceptors (Lipinski definition) is 2. The van der Waals surface area contributed by atoms with E-state index in [-0.39, 0.29) is 9.71 Å². The zero-order valence-corrected chi connectivity index (χ0v) is 14.3. The molecule has 0 aliphatic rings. The second-order valence-corrected chi connectivity index (χ2v) is 7.36. The largest absolute Gasteiger partial charge is 0.465 e. The molecular weight excluding hydrogens is 398 g/mol. The Morgan fingerprint density at radius 3 is 2.57 bits per heavy atom. The predicted octanol–water partition coefficient (Wildman–Crippen LogP) is 5.48. The fraction of sp³-hybridized carbons (Fsp3) is 0.125. The summed E-state index contributed by atoms with van der Waals surface area (Å²) in [6.07, 6.45) is 0. The topological polar surface area (TPSA) is 30.7 Å². The van der Waals surface area contributed by atoms with Crippen molar-refractivity contribution in [1.29, 1.82) is 0 Å². The maximum Gasteiger partial charge on any atom is 0.337 e. The minimum Gasteiger partial charge on any atom is -0.465 e. The first-order chi connectivity index (χ1) is 10.0. The minimum absolute atomic E-state index is 0.0719. The lowest BCUT2D eigenvalue weighted by Crippen LogP contribution is -2.02. The van der Waals surface area contributed by atoms with Crippen LogP contribution in [0, 0.1) is 6.57 Å². The van der Waals surface area contributed by atoms with Gasteiger partial charge in [0.1, 0.15) is 0 Å². The number of carbonyl (C=O) groups is 1. The van der Waals surface area contributed by atoms with Crippen molar-refractivity contribution in [3.8, 4) is 11.1 Å². The molecule has 0 atom stereocenters. The molecule has 0 unspecified atom stereocenters. The van der Waals surface area contributed by atoms with Gasteiger partial charge in [0, 0.05) is 0 Å². The number of methoxy groups -OCH3 is 1. The van der Waals surface area contributed by atoms with E-state index in [2.05, 4.69) is 36.7 Å². The highest BCUT2D eigenvalue weighted by Crippen LogP contribution is 2.34. The molecule has 0 fully saturated rings. The van der Waals surface area contributed by atoms with Crippen molar-refractivity contribution in [3.05, 3.63) is 65.0 Å². The third-order valence-corrected chi connectivity index (χ3v) is 3.99. The number of esters is 1. The monoisotopic (exact) mass is 407 g/mol. The van der Waals surface area contributed by atoms with Crippen molar-refractivity contribution in [1.82, 2.24) is 0 Å². The van der Waals surface area contributed by atoms with Gasteiger partial charge in [0.2, 0.25) is 0 Å². The van der Waals surface area contributed by atoms with E-state index in [0.717, 1.165) is 16.7 Å². The molecule has 0 heterocycles. The normalized spacial score (nSPS) is 10.2. The van der Waals surface area contributed by atoms with Crippen LogP contribution in [-0.2, 0) is 4.74 Å². The average molecular weight is 409 g/mol. The molecule has 0 bridgehead atoms. The maximum absolute atomic E-state index is 11.8. The molecule has 0 N–H and O–H groups in total. The number of nitrogens with zero attached hydrogens (tertiary/aromatic N) is 1. The van der Waals surface area contributed by atoms with Crippen LogP contribution in [0.4, 0.5) is 5.69 Å². The van der Waals surface area contributed by atoms with Gasteiger partial charge in [0.15, 0.2) is 5.69 Å². The van der Waals surface area contributed by atoms with Gasteiger partial charge < -0.3 is 4.74 Å². The zero-order valence-electron chi connectivity index (χ0n) is 11.1. The number of alkyl halides is 2. The second-order valence-electron chi connectivity index (χ2n) is 4.30. The van der Waals surface area contributed by atoms with Crippen LogP contribution in [0.1, 0.15) is 19.7 Å². The summed E-state index contributed by atoms with van der Waals surface area (Å²) in [6, 6.07) is 12.8. The molecule has 3 nitrogen and oxygen atoms in total. The van der Waals surface area contributed by atoms with Gasteiger partial charge in [-0.3, -0.25) is 0 Å². The quantitative estimate of drug-likeness (QED) is 0.382. The van der Waals surface area contributed by atoms with Crippen molar-refractivity contribution in [2.45, 2.75) is 3.74 Å². The molecule has 0 radical (unpaired) electrons. The number of benzene rings is 2. The molecular formula is C16H11Br2NO2. The lowest BCUT2D eigenvalue weighted by atomic mass is 10.00. The fourth-order valence-electron chi connectivity index (χ4n) is 1.94. The number of carbonyl (C=O) groups excluding carboxylic acids is 1. The smallest absolute Gasteiger partial charge is 0.337 e. The first kappa shape index (κ1) is 15.7. The van der Waals surface area contributed by atoms with Crippen LogP contribution in [0.5, 0.6) is 0 Å². The van der Waals surface area contributed by atoms with Crippen LogP contribution in [0.2, 0.25) is 0 Å². The molecule has 5 heteroatoms. The first-order valence-electron chi connectivity index (χ1n) is 6.04. The van der Waals surface area contributed by atoms with Crippen LogP contribution in [0.3, 0.4) is 0 Å². The minimum atomic E-state index is -0.389. The fourth-order valence-corrected chi connectivity index (χ4v) is 2.46. The SMILES string of the molecule is [C-]#[N+]c1cccc(-c2cc(C(=O)OC)cc(C(Br)Br)c2)c1. The lowest BCUT2D eigenvalue weighted by Gasteiger charge is -2.10. The lowest BCUT2D eigenvalue weighted by molar-refractivity contribution is 0.0600. The van der Waals surface area contributed by atoms with E-state index in [1.165, 1.54) is 7.11 Å². The summed E-state index contributed by atoms with van der Waals surface area (Å²) in [6.45, 7) is 7.09. The molecule has 0 aliphatic heterocycles. The van der Waals surface area contributed by atoms with E-state index in [9.17, 15) is 4.79 Å². The number of halogens is 2. The van der Waals surface area contributed by atoms with E-state index in [4.69, 9.17) is 11.3 Å². The predicted molar refractivity (Wildman–Crippen MR) is 90.1 cm³/mol. The summed E-state index contributed by atoms with van der Waals surface area (Å²) >= 11 is 6.88. The van der Waals surface area contributed by atoms with Crippen LogP contribution in [0.25, 0.3) is 16.0 Å². The standard InChI is InChI=1S/C16H11Br2NO2/c1-19-14-5-3-4-10(9-14)11-6-12(15(17)18)8-13(7-11)16(20)21-2/h3-9,15H,2H3. The zero-order chi connectivity index (χ0) is 15.4. The Morgan fingerprint density at radius 1 is 1.19 bits per heavy atom. The summed E-state index contributed by atoms with van der Waals surface area (Å²) in [5.41, 5.74) is 3.69. The number of rotatable bonds is 3. The molecule has 0 spiro atoms. The van der Waals surface area contributed by atoms with Crippen LogP contribution in [-0.4, -0.2) is 13.1 Å². The first-order valence-corrected chi connectivity index (χ1v) is 7.87. The highest BCUT2D eigenvalue weighted by atomic mass is 79.9. The van der Waals surface area contributed by atoms with E-state index < -0.39 is 0 Å². The Morgan fingerprint density at radius 2 is 1.95 bits per heavy atom. The Bertz CT molecular complexity index is 720. The van der Waals surface area contributed by atoms with Crippen molar-refractivity contribution in [2.75, 3.05) is 7.11 Å². The highest BCUT2D eigenvalue weighted by molar-refractivity contribution is 9.24. The van der Waals surface area contributed by atoms with Gasteiger partial charge in [-0.2, -0.15) is 0 Å². The van der Waals surface area contributed by atoms with Gasteiger partial charge >= 0.3 is 5.97 Å². The molecule has 2 aromatic rings. The number of hydrogen-bond donors (Lipinski definition) is 0. The Kier molecular flexibility index (Phi) is 5.16. The van der Waals surface area contributed by atoms with Gasteiger partial charge in [-0.1, -0.05) is 50.1 Å². The molecule has 2 rings (SSSR count). The van der Waals surface area contributed by atoms with Crippen molar-refractivity contribution in [2.24, 2.45) is 0 Å². The van der Waals surface area contributed by atoms with Gasteiger partial charge in [0.25, 0.3) is 0 Å². The molecule has 2 aromatic carbocycles. The molecule has 0 saturated heterocycles. The molecule has 0 aromatic heterocycles. The molecule has 21 heavy (non-hydrogen) atoms. The summed E-state index contributed by atoms with van der Waals surface area (Å²) in [5, 5.41) is 0. The summed E-state index contributed by atoms with van der Waals surface area (Å²) in [7, 11) is 1.36. The number of ether oxygens (including phenoxy) is 1. The molecule has 0 aliphatic carbocycles. The van der Waals surface area contributed by atoms with Crippen molar-refractivity contribution in [3.63, 3.8) is 0 Å². The van der Waals surface area contributed by atoms with Gasteiger partial charge in [-0.05, 0) is 41.0 Å². The van der Waals surface area contributed by atoms with E-state index in [0.29, 0.717) is 11.3 Å². The Balaban J connectivity index is 2.59. The summed E-state index contributed by atoms with van der Waals surface area (Å²) in [5.74, 6) is -0.389. The van der Waals surface area contributed by atoms with E-state index in [1.807, 2.05) is 18.2 Å². The average Bonchev–Trinajstić information content (AvgIpc) is 2.53. The Labute approximate surface area is 140 Å². The third kappa shape index (κ3) is 3.72. The molecule has 0 saturated carbocycles. The van der Waals surface area contributed by atoms with Crippen molar-refractivity contribution < 1.29 is 9.53 Å².